The van der Waals surface area contributed by atoms with E-state index in [1.807, 2.05) is 6.07 Å². The van der Waals surface area contributed by atoms with Crippen molar-refractivity contribution in [3.63, 3.8) is 0 Å². The number of nitrogens with zero attached hydrogens (tertiary/aromatic N) is 1. The van der Waals surface area contributed by atoms with E-state index < -0.39 is 0 Å². The minimum Gasteiger partial charge on any atom is -0.382 e. The van der Waals surface area contributed by atoms with E-state index in [1.54, 1.807) is 12.1 Å². The predicted octanol–water partition coefficient (Wildman–Crippen LogP) is 2.38. The molecule has 3 nitrogen and oxygen atoms in total. The lowest BCUT2D eigenvalue weighted by molar-refractivity contribution is 0.633. The molecule has 4 heteroatoms. The summed E-state index contributed by atoms with van der Waals surface area (Å²) in [6.45, 7) is 1.99. The van der Waals surface area contributed by atoms with Gasteiger partial charge in [0.25, 0.3) is 0 Å². The van der Waals surface area contributed by atoms with Crippen molar-refractivity contribution in [1.29, 1.82) is 5.26 Å². The van der Waals surface area contributed by atoms with Crippen molar-refractivity contribution < 1.29 is 0 Å². The fourth-order valence-electron chi connectivity index (χ4n) is 1.89. The number of nitriles is 1. The third-order valence-electron chi connectivity index (χ3n) is 2.80. The van der Waals surface area contributed by atoms with Gasteiger partial charge in [-0.05, 0) is 37.6 Å². The molecule has 2 N–H and O–H groups in total. The summed E-state index contributed by atoms with van der Waals surface area (Å²) in [6.07, 6.45) is 2.45. The highest BCUT2D eigenvalue weighted by Gasteiger charge is 2.13. The van der Waals surface area contributed by atoms with Crippen molar-refractivity contribution in [2.45, 2.75) is 18.9 Å². The Morgan fingerprint density at radius 2 is 2.44 bits per heavy atom. The van der Waals surface area contributed by atoms with Crippen molar-refractivity contribution in [3.8, 4) is 6.07 Å². The van der Waals surface area contributed by atoms with Crippen LogP contribution in [0.2, 0.25) is 5.02 Å². The van der Waals surface area contributed by atoms with E-state index in [2.05, 4.69) is 16.7 Å². The molecule has 16 heavy (non-hydrogen) atoms. The molecule has 1 heterocycles. The third kappa shape index (κ3) is 2.66. The summed E-state index contributed by atoms with van der Waals surface area (Å²) in [6, 6.07) is 7.92. The summed E-state index contributed by atoms with van der Waals surface area (Å²) in [5.41, 5.74) is 1.49. The van der Waals surface area contributed by atoms with Crippen LogP contribution >= 0.6 is 11.6 Å². The zero-order chi connectivity index (χ0) is 11.4. The van der Waals surface area contributed by atoms with Gasteiger partial charge < -0.3 is 10.6 Å². The van der Waals surface area contributed by atoms with Crippen LogP contribution in [0.3, 0.4) is 0 Å². The lowest BCUT2D eigenvalue weighted by Gasteiger charge is -2.13. The summed E-state index contributed by atoms with van der Waals surface area (Å²) in [5, 5.41) is 16.0. The van der Waals surface area contributed by atoms with Gasteiger partial charge in [0.15, 0.2) is 0 Å². The Kier molecular flexibility index (Phi) is 3.66. The second kappa shape index (κ2) is 5.20. The summed E-state index contributed by atoms with van der Waals surface area (Å²) < 4.78 is 0. The second-order valence-corrected chi connectivity index (χ2v) is 4.39. The number of rotatable bonds is 3. The van der Waals surface area contributed by atoms with Crippen LogP contribution in [-0.4, -0.2) is 19.1 Å². The zero-order valence-electron chi connectivity index (χ0n) is 8.96. The predicted molar refractivity (Wildman–Crippen MR) is 65.7 cm³/mol. The average molecular weight is 236 g/mol. The number of halogens is 1. The topological polar surface area (TPSA) is 47.9 Å². The molecule has 0 spiro atoms. The van der Waals surface area contributed by atoms with Crippen LogP contribution in [0.1, 0.15) is 18.4 Å². The molecule has 1 unspecified atom stereocenters. The molecule has 1 aromatic rings. The molecule has 84 valence electrons. The molecule has 1 aliphatic rings. The normalized spacial score (nSPS) is 19.4. The minimum atomic E-state index is 0.534. The van der Waals surface area contributed by atoms with Crippen LogP contribution in [0.15, 0.2) is 18.2 Å². The molecule has 0 aliphatic carbocycles. The Morgan fingerprint density at radius 1 is 1.56 bits per heavy atom. The Bertz CT molecular complexity index is 405. The molecule has 1 aromatic carbocycles. The van der Waals surface area contributed by atoms with E-state index in [-0.39, 0.29) is 0 Å². The molecular weight excluding hydrogens is 222 g/mol. The van der Waals surface area contributed by atoms with Gasteiger partial charge in [0.05, 0.1) is 22.3 Å². The van der Waals surface area contributed by atoms with E-state index in [0.29, 0.717) is 16.6 Å². The smallest absolute Gasteiger partial charge is 0.0992 e. The van der Waals surface area contributed by atoms with Gasteiger partial charge in [-0.25, -0.2) is 0 Å². The van der Waals surface area contributed by atoms with Gasteiger partial charge >= 0.3 is 0 Å². The molecule has 2 rings (SSSR count). The lowest BCUT2D eigenvalue weighted by atomic mass is 10.2. The van der Waals surface area contributed by atoms with E-state index in [9.17, 15) is 0 Å². The van der Waals surface area contributed by atoms with Gasteiger partial charge in [-0.2, -0.15) is 5.26 Å². The molecule has 1 aliphatic heterocycles. The van der Waals surface area contributed by atoms with E-state index in [1.165, 1.54) is 12.8 Å². The maximum atomic E-state index is 8.72. The first-order valence-electron chi connectivity index (χ1n) is 5.46. The van der Waals surface area contributed by atoms with Crippen molar-refractivity contribution in [3.05, 3.63) is 28.8 Å². The highest BCUT2D eigenvalue weighted by Crippen LogP contribution is 2.23. The number of hydrogen-bond acceptors (Lipinski definition) is 3. The number of benzene rings is 1. The van der Waals surface area contributed by atoms with E-state index in [0.717, 1.165) is 18.8 Å². The van der Waals surface area contributed by atoms with Crippen molar-refractivity contribution in [2.75, 3.05) is 18.4 Å². The Balaban J connectivity index is 1.96. The minimum absolute atomic E-state index is 0.534. The molecule has 0 radical (unpaired) electrons. The first kappa shape index (κ1) is 11.3. The van der Waals surface area contributed by atoms with Gasteiger partial charge in [0.2, 0.25) is 0 Å². The average Bonchev–Trinajstić information content (AvgIpc) is 2.80. The van der Waals surface area contributed by atoms with Crippen LogP contribution in [0.4, 0.5) is 5.69 Å². The highest BCUT2D eigenvalue weighted by molar-refractivity contribution is 6.33. The van der Waals surface area contributed by atoms with E-state index >= 15 is 0 Å². The zero-order valence-corrected chi connectivity index (χ0v) is 9.72. The Hall–Kier alpha value is -1.24. The molecular formula is C12H14ClN3. The summed E-state index contributed by atoms with van der Waals surface area (Å²) >= 11 is 6.06. The monoisotopic (exact) mass is 235 g/mol. The first-order valence-corrected chi connectivity index (χ1v) is 5.84. The van der Waals surface area contributed by atoms with Crippen LogP contribution < -0.4 is 10.6 Å². The van der Waals surface area contributed by atoms with Gasteiger partial charge in [-0.3, -0.25) is 0 Å². The molecule has 0 bridgehead atoms. The van der Waals surface area contributed by atoms with Gasteiger partial charge in [0, 0.05) is 12.6 Å². The van der Waals surface area contributed by atoms with Crippen LogP contribution in [0, 0.1) is 11.3 Å². The quantitative estimate of drug-likeness (QED) is 0.846. The molecule has 0 aromatic heterocycles. The summed E-state index contributed by atoms with van der Waals surface area (Å²) in [5.74, 6) is 0. The molecule has 1 saturated heterocycles. The highest BCUT2D eigenvalue weighted by atomic mass is 35.5. The Morgan fingerprint density at radius 3 is 3.06 bits per heavy atom. The molecule has 1 fully saturated rings. The van der Waals surface area contributed by atoms with Crippen molar-refractivity contribution >= 4 is 17.3 Å². The maximum Gasteiger partial charge on any atom is 0.0992 e. The Labute approximate surface area is 100 Å². The lowest BCUT2D eigenvalue weighted by Crippen LogP contribution is -2.29. The standard InChI is InChI=1S/C12H14ClN3/c13-11-6-9(7-14)3-4-12(11)16-8-10-2-1-5-15-10/h3-4,6,10,15-16H,1-2,5,8H2. The largest absolute Gasteiger partial charge is 0.382 e. The third-order valence-corrected chi connectivity index (χ3v) is 3.11. The number of hydrogen-bond donors (Lipinski definition) is 2. The summed E-state index contributed by atoms with van der Waals surface area (Å²) in [7, 11) is 0. The first-order chi connectivity index (χ1) is 7.79. The SMILES string of the molecule is N#Cc1ccc(NCC2CCCN2)c(Cl)c1. The molecule has 0 saturated carbocycles. The van der Waals surface area contributed by atoms with Crippen LogP contribution in [0.5, 0.6) is 0 Å². The maximum absolute atomic E-state index is 8.72. The van der Waals surface area contributed by atoms with Crippen LogP contribution in [-0.2, 0) is 0 Å². The van der Waals surface area contributed by atoms with Gasteiger partial charge in [0.1, 0.15) is 0 Å². The summed E-state index contributed by atoms with van der Waals surface area (Å²) in [4.78, 5) is 0. The van der Waals surface area contributed by atoms with E-state index in [4.69, 9.17) is 16.9 Å². The van der Waals surface area contributed by atoms with Gasteiger partial charge in [-0.1, -0.05) is 11.6 Å². The number of nitrogens with one attached hydrogen (secondary N) is 2. The van der Waals surface area contributed by atoms with Crippen LogP contribution in [0.25, 0.3) is 0 Å². The fraction of sp³-hybridized carbons (Fsp3) is 0.417. The van der Waals surface area contributed by atoms with Gasteiger partial charge in [-0.15, -0.1) is 0 Å². The number of anilines is 1. The molecule has 0 amide bonds. The fourth-order valence-corrected chi connectivity index (χ4v) is 2.14. The second-order valence-electron chi connectivity index (χ2n) is 3.98. The van der Waals surface area contributed by atoms with Crippen molar-refractivity contribution in [1.82, 2.24) is 5.32 Å². The molecule has 1 atom stereocenters. The van der Waals surface area contributed by atoms with Crippen molar-refractivity contribution in [2.24, 2.45) is 0 Å².